The molecule has 2 aromatic heterocycles. The molecule has 0 fully saturated rings. The predicted molar refractivity (Wildman–Crippen MR) is 137 cm³/mol. The van der Waals surface area contributed by atoms with Gasteiger partial charge in [-0.3, -0.25) is 24.3 Å². The van der Waals surface area contributed by atoms with Crippen LogP contribution in [0.25, 0.3) is 21.9 Å². The van der Waals surface area contributed by atoms with Crippen LogP contribution in [-0.4, -0.2) is 32.9 Å². The molecule has 2 N–H and O–H groups in total. The molecule has 0 saturated heterocycles. The average Bonchev–Trinajstić information content (AvgIpc) is 3.38. The Morgan fingerprint density at radius 3 is 2.44 bits per heavy atom. The number of unbranched alkanes of at least 4 members (excludes halogenated alkanes) is 1. The minimum Gasteiger partial charge on any atom is -0.320 e. The third-order valence-electron chi connectivity index (χ3n) is 5.85. The van der Waals surface area contributed by atoms with Gasteiger partial charge in [0, 0.05) is 10.9 Å². The molecule has 0 radical (unpaired) electrons. The molecule has 0 aliphatic heterocycles. The number of carbonyl (C=O) groups excluding carboxylic acids is 1. The van der Waals surface area contributed by atoms with Crippen molar-refractivity contribution < 1.29 is 9.63 Å². The largest absolute Gasteiger partial charge is 0.320 e. The lowest BCUT2D eigenvalue weighted by Crippen LogP contribution is -2.31. The fourth-order valence-electron chi connectivity index (χ4n) is 4.00. The molecule has 2 heterocycles. The molecule has 5 rings (SSSR count). The molecule has 36 heavy (non-hydrogen) atoms. The van der Waals surface area contributed by atoms with Gasteiger partial charge in [-0.05, 0) is 55.2 Å². The summed E-state index contributed by atoms with van der Waals surface area (Å²) >= 11 is 0. The van der Waals surface area contributed by atoms with Crippen LogP contribution in [0.3, 0.4) is 0 Å². The molecule has 0 saturated carbocycles. The maximum Gasteiger partial charge on any atom is 0.282 e. The van der Waals surface area contributed by atoms with E-state index in [4.69, 9.17) is 4.84 Å². The molecule has 0 aliphatic rings. The number of H-pyrrole nitrogens is 2. The molecule has 0 aliphatic carbocycles. The van der Waals surface area contributed by atoms with Crippen molar-refractivity contribution in [3.8, 4) is 0 Å². The summed E-state index contributed by atoms with van der Waals surface area (Å²) in [5.74, 6) is -0.360. The number of hydroxylamine groups is 1. The molecule has 180 valence electrons. The van der Waals surface area contributed by atoms with Crippen molar-refractivity contribution in [1.29, 1.82) is 0 Å². The summed E-state index contributed by atoms with van der Waals surface area (Å²) in [4.78, 5) is 47.5. The molecule has 5 aromatic rings. The van der Waals surface area contributed by atoms with Gasteiger partial charge >= 0.3 is 0 Å². The summed E-state index contributed by atoms with van der Waals surface area (Å²) in [5, 5.41) is 11.2. The number of aromatic amines is 2. The van der Waals surface area contributed by atoms with E-state index < -0.39 is 11.0 Å². The van der Waals surface area contributed by atoms with Crippen molar-refractivity contribution in [2.75, 3.05) is 11.7 Å². The third kappa shape index (κ3) is 4.77. The minimum absolute atomic E-state index is 0.0193. The second-order valence-electron chi connectivity index (χ2n) is 8.29. The van der Waals surface area contributed by atoms with Gasteiger partial charge in [-0.2, -0.15) is 5.06 Å². The van der Waals surface area contributed by atoms with E-state index in [1.807, 2.05) is 24.3 Å². The zero-order chi connectivity index (χ0) is 24.9. The van der Waals surface area contributed by atoms with E-state index >= 15 is 0 Å². The third-order valence-corrected chi connectivity index (χ3v) is 5.85. The van der Waals surface area contributed by atoms with Crippen molar-refractivity contribution in [2.45, 2.75) is 19.3 Å². The Morgan fingerprint density at radius 1 is 0.917 bits per heavy atom. The van der Waals surface area contributed by atoms with Crippen molar-refractivity contribution in [2.24, 2.45) is 0 Å². The van der Waals surface area contributed by atoms with E-state index in [1.165, 1.54) is 10.6 Å². The second-order valence-corrected chi connectivity index (χ2v) is 8.29. The SMILES string of the molecule is O=C(c1ccccc1)N(OCCCCc1ccccc1)c1ccc2c(=O)c3[nH]nnc3c(=O)[nH]c2c1. The Balaban J connectivity index is 1.44. The number of rotatable bonds is 8. The van der Waals surface area contributed by atoms with Gasteiger partial charge in [0.05, 0.1) is 17.8 Å². The van der Waals surface area contributed by atoms with Gasteiger partial charge in [0.1, 0.15) is 5.52 Å². The molecule has 1 amide bonds. The Labute approximate surface area is 205 Å². The number of fused-ring (bicyclic) bond motifs is 2. The van der Waals surface area contributed by atoms with Gasteiger partial charge in [0.25, 0.3) is 11.5 Å². The number of anilines is 1. The average molecular weight is 482 g/mol. The van der Waals surface area contributed by atoms with Crippen LogP contribution in [0.5, 0.6) is 0 Å². The van der Waals surface area contributed by atoms with Crippen molar-refractivity contribution in [3.05, 3.63) is 111 Å². The molecule has 0 bridgehead atoms. The standard InChI is InChI=1S/C27H23N5O4/c33-25-21-15-14-20(17-22(21)28-26(34)24-23(25)29-31-30-24)32(27(35)19-12-5-2-6-13-19)36-16-8-7-11-18-9-3-1-4-10-18/h1-6,9-10,12-15,17H,7-8,11,16H2,(H,28,34)(H,29,30,31). The smallest absolute Gasteiger partial charge is 0.282 e. The molecular weight excluding hydrogens is 458 g/mol. The number of amides is 1. The highest BCUT2D eigenvalue weighted by atomic mass is 16.7. The van der Waals surface area contributed by atoms with E-state index in [9.17, 15) is 14.4 Å². The van der Waals surface area contributed by atoms with E-state index in [-0.39, 0.29) is 27.8 Å². The number of nitrogens with zero attached hydrogens (tertiary/aromatic N) is 3. The summed E-state index contributed by atoms with van der Waals surface area (Å²) in [6.45, 7) is 0.313. The van der Waals surface area contributed by atoms with Crippen molar-refractivity contribution in [1.82, 2.24) is 20.4 Å². The van der Waals surface area contributed by atoms with Crippen LogP contribution < -0.4 is 16.1 Å². The zero-order valence-corrected chi connectivity index (χ0v) is 19.3. The number of aryl methyl sites for hydroxylation is 1. The first-order chi connectivity index (χ1) is 17.6. The van der Waals surface area contributed by atoms with Gasteiger partial charge in [-0.1, -0.05) is 53.7 Å². The first kappa shape index (κ1) is 23.1. The molecule has 0 atom stereocenters. The summed E-state index contributed by atoms with van der Waals surface area (Å²) in [6, 6.07) is 23.7. The van der Waals surface area contributed by atoms with Crippen LogP contribution >= 0.6 is 0 Å². The normalized spacial score (nSPS) is 11.1. The van der Waals surface area contributed by atoms with Crippen LogP contribution in [0.15, 0.2) is 88.5 Å². The fourth-order valence-corrected chi connectivity index (χ4v) is 4.00. The van der Waals surface area contributed by atoms with Crippen LogP contribution in [0.4, 0.5) is 5.69 Å². The Hall–Kier alpha value is -4.63. The summed E-state index contributed by atoms with van der Waals surface area (Å²) in [5.41, 5.74) is 1.29. The lowest BCUT2D eigenvalue weighted by atomic mass is 10.1. The Morgan fingerprint density at radius 2 is 1.67 bits per heavy atom. The van der Waals surface area contributed by atoms with Gasteiger partial charge in [0.2, 0.25) is 5.43 Å². The summed E-state index contributed by atoms with van der Waals surface area (Å²) < 4.78 is 0. The van der Waals surface area contributed by atoms with E-state index in [2.05, 4.69) is 32.5 Å². The first-order valence-corrected chi connectivity index (χ1v) is 11.6. The van der Waals surface area contributed by atoms with Crippen LogP contribution in [0.2, 0.25) is 0 Å². The van der Waals surface area contributed by atoms with Gasteiger partial charge in [-0.25, -0.2) is 0 Å². The van der Waals surface area contributed by atoms with Crippen LogP contribution in [0, 0.1) is 0 Å². The van der Waals surface area contributed by atoms with Crippen LogP contribution in [-0.2, 0) is 11.3 Å². The monoisotopic (exact) mass is 481 g/mol. The highest BCUT2D eigenvalue weighted by Gasteiger charge is 2.20. The Bertz CT molecular complexity index is 1630. The van der Waals surface area contributed by atoms with E-state index in [0.29, 0.717) is 17.9 Å². The molecule has 9 nitrogen and oxygen atoms in total. The lowest BCUT2D eigenvalue weighted by molar-refractivity contribution is 0.0638. The van der Waals surface area contributed by atoms with Gasteiger partial charge in [0.15, 0.2) is 5.52 Å². The minimum atomic E-state index is -0.564. The molecule has 9 heteroatoms. The van der Waals surface area contributed by atoms with Gasteiger partial charge in [-0.15, -0.1) is 5.10 Å². The van der Waals surface area contributed by atoms with Crippen molar-refractivity contribution >= 4 is 33.5 Å². The number of benzene rings is 3. The Kier molecular flexibility index (Phi) is 6.63. The number of carbonyl (C=O) groups is 1. The molecule has 3 aromatic carbocycles. The topological polar surface area (TPSA) is 121 Å². The van der Waals surface area contributed by atoms with Crippen molar-refractivity contribution in [3.63, 3.8) is 0 Å². The van der Waals surface area contributed by atoms with Crippen LogP contribution in [0.1, 0.15) is 28.8 Å². The van der Waals surface area contributed by atoms with E-state index in [1.54, 1.807) is 42.5 Å². The van der Waals surface area contributed by atoms with Gasteiger partial charge < -0.3 is 4.98 Å². The fraction of sp³-hybridized carbons (Fsp3) is 0.148. The number of hydrogen-bond donors (Lipinski definition) is 2. The number of nitrogens with one attached hydrogen (secondary N) is 2. The number of hydrogen-bond acceptors (Lipinski definition) is 6. The number of aromatic nitrogens is 4. The maximum atomic E-state index is 13.4. The molecule has 0 spiro atoms. The first-order valence-electron chi connectivity index (χ1n) is 11.6. The second kappa shape index (κ2) is 10.3. The van der Waals surface area contributed by atoms with E-state index in [0.717, 1.165) is 19.3 Å². The maximum absolute atomic E-state index is 13.4. The summed E-state index contributed by atoms with van der Waals surface area (Å²) in [6.07, 6.45) is 2.54. The summed E-state index contributed by atoms with van der Waals surface area (Å²) in [7, 11) is 0. The molecule has 0 unspecified atom stereocenters. The zero-order valence-electron chi connectivity index (χ0n) is 19.3. The highest BCUT2D eigenvalue weighted by molar-refractivity contribution is 6.05. The predicted octanol–water partition coefficient (Wildman–Crippen LogP) is 3.76. The quantitative estimate of drug-likeness (QED) is 0.257. The molecular formula is C27H23N5O4. The lowest BCUT2D eigenvalue weighted by Gasteiger charge is -2.22. The highest BCUT2D eigenvalue weighted by Crippen LogP contribution is 2.22.